The number of esters is 1. The Morgan fingerprint density at radius 3 is 2.36 bits per heavy atom. The normalized spacial score (nSPS) is 11.3. The first-order chi connectivity index (χ1) is 17.1. The Hall–Kier alpha value is -3.47. The van der Waals surface area contributed by atoms with Gasteiger partial charge in [0.25, 0.3) is 5.91 Å². The van der Waals surface area contributed by atoms with Crippen molar-refractivity contribution < 1.29 is 22.7 Å². The second-order valence-electron chi connectivity index (χ2n) is 7.98. The summed E-state index contributed by atoms with van der Waals surface area (Å²) in [5.41, 5.74) is 2.23. The largest absolute Gasteiger partial charge is 0.468 e. The van der Waals surface area contributed by atoms with Crippen molar-refractivity contribution >= 4 is 44.7 Å². The molecule has 1 amide bonds. The predicted molar refractivity (Wildman–Crippen MR) is 139 cm³/mol. The number of hydrogen-bond donors (Lipinski definition) is 0. The fourth-order valence-electron chi connectivity index (χ4n) is 3.49. The van der Waals surface area contributed by atoms with Gasteiger partial charge in [-0.25, -0.2) is 13.1 Å². The smallest absolute Gasteiger partial charge is 0.325 e. The van der Waals surface area contributed by atoms with Gasteiger partial charge in [-0.3, -0.25) is 9.59 Å². The molecule has 0 aliphatic carbocycles. The van der Waals surface area contributed by atoms with Crippen molar-refractivity contribution in [2.24, 2.45) is 0 Å². The van der Waals surface area contributed by atoms with E-state index < -0.39 is 21.7 Å². The number of carbonyl (C=O) groups excluding carboxylic acids is 2. The van der Waals surface area contributed by atoms with E-state index in [1.165, 1.54) is 36.6 Å². The SMILES string of the molecule is COC(=O)CN(C)C(=O)c1cc(-c2ccc(-c3ccc(S(C)(=O)=O)cc3)s2)n(-c2ccccc2Cl)n1. The molecule has 4 aromatic rings. The molecule has 0 saturated heterocycles. The van der Waals surface area contributed by atoms with Gasteiger partial charge in [-0.15, -0.1) is 11.3 Å². The van der Waals surface area contributed by atoms with Crippen LogP contribution in [0.5, 0.6) is 0 Å². The van der Waals surface area contributed by atoms with Crippen molar-refractivity contribution in [3.05, 3.63) is 77.4 Å². The van der Waals surface area contributed by atoms with Crippen molar-refractivity contribution in [3.8, 4) is 26.7 Å². The highest BCUT2D eigenvalue weighted by Gasteiger charge is 2.23. The number of sulfone groups is 1. The number of amides is 1. The van der Waals surface area contributed by atoms with Gasteiger partial charge in [0, 0.05) is 18.2 Å². The highest BCUT2D eigenvalue weighted by atomic mass is 35.5. The van der Waals surface area contributed by atoms with Crippen LogP contribution < -0.4 is 0 Å². The maximum Gasteiger partial charge on any atom is 0.325 e. The average Bonchev–Trinajstić information content (AvgIpc) is 3.51. The van der Waals surface area contributed by atoms with Crippen molar-refractivity contribution in [1.29, 1.82) is 0 Å². The molecule has 11 heteroatoms. The Morgan fingerprint density at radius 2 is 1.72 bits per heavy atom. The lowest BCUT2D eigenvalue weighted by Crippen LogP contribution is -2.33. The Kier molecular flexibility index (Phi) is 7.30. The van der Waals surface area contributed by atoms with Crippen LogP contribution in [0.1, 0.15) is 10.5 Å². The number of carbonyl (C=O) groups is 2. The molecular formula is C25H22ClN3O5S2. The first-order valence-electron chi connectivity index (χ1n) is 10.7. The fourth-order valence-corrected chi connectivity index (χ4v) is 5.35. The predicted octanol–water partition coefficient (Wildman–Crippen LogP) is 4.57. The van der Waals surface area contributed by atoms with Gasteiger partial charge in [-0.1, -0.05) is 35.9 Å². The van der Waals surface area contributed by atoms with Crippen LogP contribution in [0.15, 0.2) is 71.6 Å². The molecule has 0 radical (unpaired) electrons. The van der Waals surface area contributed by atoms with Gasteiger partial charge < -0.3 is 9.64 Å². The van der Waals surface area contributed by atoms with E-state index in [2.05, 4.69) is 9.84 Å². The molecule has 0 fully saturated rings. The minimum atomic E-state index is -3.29. The number of para-hydroxylation sites is 1. The molecule has 0 saturated carbocycles. The molecule has 186 valence electrons. The van der Waals surface area contributed by atoms with Gasteiger partial charge in [-0.2, -0.15) is 5.10 Å². The second kappa shape index (κ2) is 10.3. The Labute approximate surface area is 217 Å². The van der Waals surface area contributed by atoms with E-state index in [-0.39, 0.29) is 17.1 Å². The van der Waals surface area contributed by atoms with Crippen LogP contribution >= 0.6 is 22.9 Å². The standard InChI is InChI=1S/C25H22ClN3O5S2/c1-28(15-24(30)34-2)25(31)19-14-21(29(27-19)20-7-5-4-6-18(20)26)23-13-12-22(35-23)16-8-10-17(11-9-16)36(3,32)33/h4-14H,15H2,1-3H3. The van der Waals surface area contributed by atoms with E-state index in [9.17, 15) is 18.0 Å². The van der Waals surface area contributed by atoms with Crippen LogP contribution in [-0.2, 0) is 19.4 Å². The lowest BCUT2D eigenvalue weighted by Gasteiger charge is -2.13. The number of aromatic nitrogens is 2. The zero-order valence-corrected chi connectivity index (χ0v) is 22.0. The van der Waals surface area contributed by atoms with Crippen LogP contribution in [0, 0.1) is 0 Å². The van der Waals surface area contributed by atoms with Gasteiger partial charge in [-0.05, 0) is 48.0 Å². The molecule has 36 heavy (non-hydrogen) atoms. The summed E-state index contributed by atoms with van der Waals surface area (Å²) >= 11 is 7.91. The molecule has 0 bridgehead atoms. The second-order valence-corrected chi connectivity index (χ2v) is 11.5. The molecule has 0 unspecified atom stereocenters. The number of thiophene rings is 1. The van der Waals surface area contributed by atoms with Crippen molar-refractivity contribution in [2.75, 3.05) is 27.0 Å². The molecule has 4 rings (SSSR count). The molecule has 2 aromatic carbocycles. The topological polar surface area (TPSA) is 98.6 Å². The summed E-state index contributed by atoms with van der Waals surface area (Å²) in [6, 6.07) is 19.3. The maximum absolute atomic E-state index is 13.0. The number of ether oxygens (including phenoxy) is 1. The van der Waals surface area contributed by atoms with E-state index in [1.807, 2.05) is 18.2 Å². The average molecular weight is 544 g/mol. The van der Waals surface area contributed by atoms with Crippen molar-refractivity contribution in [1.82, 2.24) is 14.7 Å². The van der Waals surface area contributed by atoms with Crippen molar-refractivity contribution in [3.63, 3.8) is 0 Å². The lowest BCUT2D eigenvalue weighted by atomic mass is 10.2. The first-order valence-corrected chi connectivity index (χ1v) is 13.7. The third kappa shape index (κ3) is 5.35. The summed E-state index contributed by atoms with van der Waals surface area (Å²) in [5, 5.41) is 4.98. The number of rotatable bonds is 7. The highest BCUT2D eigenvalue weighted by Crippen LogP contribution is 2.37. The minimum Gasteiger partial charge on any atom is -0.468 e. The van der Waals surface area contributed by atoms with E-state index in [1.54, 1.807) is 53.2 Å². The van der Waals surface area contributed by atoms with Gasteiger partial charge in [0.2, 0.25) is 0 Å². The molecule has 2 heterocycles. The fraction of sp³-hybridized carbons (Fsp3) is 0.160. The van der Waals surface area contributed by atoms with Crippen molar-refractivity contribution in [2.45, 2.75) is 4.90 Å². The van der Waals surface area contributed by atoms with Gasteiger partial charge in [0.05, 0.1) is 33.3 Å². The molecule has 0 N–H and O–H groups in total. The molecule has 8 nitrogen and oxygen atoms in total. The van der Waals surface area contributed by atoms with E-state index in [0.717, 1.165) is 15.3 Å². The summed E-state index contributed by atoms with van der Waals surface area (Å²) < 4.78 is 29.8. The first kappa shape index (κ1) is 25.6. The maximum atomic E-state index is 13.0. The molecular weight excluding hydrogens is 522 g/mol. The molecule has 2 aromatic heterocycles. The zero-order valence-electron chi connectivity index (χ0n) is 19.6. The van der Waals surface area contributed by atoms with Crippen LogP contribution in [0.2, 0.25) is 5.02 Å². The van der Waals surface area contributed by atoms with Gasteiger partial charge in [0.15, 0.2) is 15.5 Å². The van der Waals surface area contributed by atoms with E-state index >= 15 is 0 Å². The quantitative estimate of drug-likeness (QED) is 0.317. The summed E-state index contributed by atoms with van der Waals surface area (Å²) in [6.45, 7) is -0.212. The number of likely N-dealkylation sites (N-methyl/N-ethyl adjacent to an activating group) is 1. The monoisotopic (exact) mass is 543 g/mol. The number of methoxy groups -OCH3 is 1. The molecule has 0 spiro atoms. The Bertz CT molecular complexity index is 1540. The third-order valence-electron chi connectivity index (χ3n) is 5.38. The Morgan fingerprint density at radius 1 is 1.06 bits per heavy atom. The number of halogens is 1. The van der Waals surface area contributed by atoms with Crippen LogP contribution in [0.4, 0.5) is 0 Å². The molecule has 0 aliphatic heterocycles. The minimum absolute atomic E-state index is 0.142. The highest BCUT2D eigenvalue weighted by molar-refractivity contribution is 7.90. The summed E-state index contributed by atoms with van der Waals surface area (Å²) in [6.07, 6.45) is 1.17. The Balaban J connectivity index is 1.75. The summed E-state index contributed by atoms with van der Waals surface area (Å²) in [5.74, 6) is -0.984. The van der Waals surface area contributed by atoms with Gasteiger partial charge >= 0.3 is 5.97 Å². The third-order valence-corrected chi connectivity index (χ3v) is 7.98. The summed E-state index contributed by atoms with van der Waals surface area (Å²) in [7, 11) is -0.533. The van der Waals surface area contributed by atoms with Gasteiger partial charge in [0.1, 0.15) is 6.54 Å². The van der Waals surface area contributed by atoms with Crippen LogP contribution in [0.3, 0.4) is 0 Å². The number of nitrogens with zero attached hydrogens (tertiary/aromatic N) is 3. The lowest BCUT2D eigenvalue weighted by molar-refractivity contribution is -0.141. The zero-order chi connectivity index (χ0) is 26.0. The number of hydrogen-bond acceptors (Lipinski definition) is 7. The number of benzene rings is 2. The molecule has 0 atom stereocenters. The van der Waals surface area contributed by atoms with E-state index in [0.29, 0.717) is 16.4 Å². The van der Waals surface area contributed by atoms with Crippen LogP contribution in [0.25, 0.3) is 26.7 Å². The van der Waals surface area contributed by atoms with E-state index in [4.69, 9.17) is 11.6 Å². The molecule has 0 aliphatic rings. The van der Waals surface area contributed by atoms with Crippen LogP contribution in [-0.4, -0.2) is 61.9 Å². The summed E-state index contributed by atoms with van der Waals surface area (Å²) in [4.78, 5) is 27.9.